The zero-order valence-corrected chi connectivity index (χ0v) is 17.1. The SMILES string of the molecule is CCCC(C)CNC(=O)c1c2ccccc2c(-c2ccccc2)c2ccccc12. The minimum atomic E-state index is 0.0139. The molecule has 0 heterocycles. The maximum absolute atomic E-state index is 13.3. The fraction of sp³-hybridized carbons (Fsp3) is 0.222. The monoisotopic (exact) mass is 381 g/mol. The lowest BCUT2D eigenvalue weighted by Crippen LogP contribution is -2.28. The lowest BCUT2D eigenvalue weighted by atomic mass is 9.88. The van der Waals surface area contributed by atoms with Gasteiger partial charge in [-0.05, 0) is 45.0 Å². The van der Waals surface area contributed by atoms with Crippen molar-refractivity contribution in [2.75, 3.05) is 6.54 Å². The Morgan fingerprint density at radius 3 is 1.86 bits per heavy atom. The van der Waals surface area contributed by atoms with Gasteiger partial charge < -0.3 is 5.32 Å². The van der Waals surface area contributed by atoms with Crippen molar-refractivity contribution in [1.82, 2.24) is 5.32 Å². The number of carbonyl (C=O) groups excluding carboxylic acids is 1. The Labute approximate surface area is 172 Å². The summed E-state index contributed by atoms with van der Waals surface area (Å²) in [6.07, 6.45) is 2.25. The predicted octanol–water partition coefficient (Wildman–Crippen LogP) is 6.83. The third kappa shape index (κ3) is 3.75. The average Bonchev–Trinajstić information content (AvgIpc) is 2.76. The van der Waals surface area contributed by atoms with Crippen LogP contribution in [-0.4, -0.2) is 12.5 Å². The van der Waals surface area contributed by atoms with Crippen molar-refractivity contribution in [2.24, 2.45) is 5.92 Å². The molecule has 146 valence electrons. The molecule has 1 amide bonds. The number of rotatable bonds is 6. The smallest absolute Gasteiger partial charge is 0.252 e. The molecule has 4 aromatic rings. The number of carbonyl (C=O) groups is 1. The first-order chi connectivity index (χ1) is 14.2. The van der Waals surface area contributed by atoms with Crippen LogP contribution >= 0.6 is 0 Å². The fourth-order valence-corrected chi connectivity index (χ4v) is 4.24. The van der Waals surface area contributed by atoms with Gasteiger partial charge in [0.1, 0.15) is 0 Å². The van der Waals surface area contributed by atoms with Gasteiger partial charge >= 0.3 is 0 Å². The van der Waals surface area contributed by atoms with E-state index in [4.69, 9.17) is 0 Å². The van der Waals surface area contributed by atoms with E-state index in [0.717, 1.165) is 39.9 Å². The van der Waals surface area contributed by atoms with Gasteiger partial charge in [-0.25, -0.2) is 0 Å². The average molecular weight is 382 g/mol. The molecule has 0 aliphatic rings. The first-order valence-corrected chi connectivity index (χ1v) is 10.5. The summed E-state index contributed by atoms with van der Waals surface area (Å²) in [6.45, 7) is 5.08. The van der Waals surface area contributed by atoms with E-state index in [2.05, 4.69) is 79.8 Å². The van der Waals surface area contributed by atoms with Crippen molar-refractivity contribution in [3.63, 3.8) is 0 Å². The molecular weight excluding hydrogens is 354 g/mol. The number of amides is 1. The van der Waals surface area contributed by atoms with E-state index < -0.39 is 0 Å². The maximum atomic E-state index is 13.3. The van der Waals surface area contributed by atoms with E-state index in [1.807, 2.05) is 18.2 Å². The van der Waals surface area contributed by atoms with Crippen molar-refractivity contribution >= 4 is 27.5 Å². The first kappa shape index (κ1) is 19.2. The molecule has 4 aromatic carbocycles. The number of nitrogens with one attached hydrogen (secondary N) is 1. The second kappa shape index (κ2) is 8.48. The molecule has 2 heteroatoms. The molecule has 0 radical (unpaired) electrons. The van der Waals surface area contributed by atoms with Crippen LogP contribution in [0.3, 0.4) is 0 Å². The Balaban J connectivity index is 1.93. The largest absolute Gasteiger partial charge is 0.352 e. The molecule has 1 atom stereocenters. The maximum Gasteiger partial charge on any atom is 0.252 e. The van der Waals surface area contributed by atoms with Gasteiger partial charge in [-0.15, -0.1) is 0 Å². The van der Waals surface area contributed by atoms with Gasteiger partial charge in [0.05, 0.1) is 5.56 Å². The molecule has 2 nitrogen and oxygen atoms in total. The Morgan fingerprint density at radius 1 is 0.793 bits per heavy atom. The Kier molecular flexibility index (Phi) is 5.62. The molecule has 0 aliphatic carbocycles. The van der Waals surface area contributed by atoms with Crippen LogP contribution < -0.4 is 5.32 Å². The van der Waals surface area contributed by atoms with E-state index in [-0.39, 0.29) is 5.91 Å². The molecule has 29 heavy (non-hydrogen) atoms. The summed E-state index contributed by atoms with van der Waals surface area (Å²) in [7, 11) is 0. The summed E-state index contributed by atoms with van der Waals surface area (Å²) < 4.78 is 0. The minimum Gasteiger partial charge on any atom is -0.352 e. The van der Waals surface area contributed by atoms with Crippen LogP contribution in [0.4, 0.5) is 0 Å². The first-order valence-electron chi connectivity index (χ1n) is 10.5. The standard InChI is InChI=1S/C27H27NO/c1-3-11-19(2)18-28-27(29)26-23-16-9-7-14-21(23)25(20-12-5-4-6-13-20)22-15-8-10-17-24(22)26/h4-10,12-17,19H,3,11,18H2,1-2H3,(H,28,29). The van der Waals surface area contributed by atoms with Crippen LogP contribution in [0.2, 0.25) is 0 Å². The van der Waals surface area contributed by atoms with E-state index in [1.165, 1.54) is 11.1 Å². The molecule has 0 spiro atoms. The highest BCUT2D eigenvalue weighted by atomic mass is 16.1. The third-order valence-electron chi connectivity index (χ3n) is 5.61. The van der Waals surface area contributed by atoms with Gasteiger partial charge in [0.2, 0.25) is 0 Å². The highest BCUT2D eigenvalue weighted by Crippen LogP contribution is 2.39. The van der Waals surface area contributed by atoms with Gasteiger partial charge in [0.25, 0.3) is 5.91 Å². The van der Waals surface area contributed by atoms with E-state index in [9.17, 15) is 4.79 Å². The Bertz CT molecular complexity index is 1090. The molecule has 0 bridgehead atoms. The summed E-state index contributed by atoms with van der Waals surface area (Å²) in [5.41, 5.74) is 3.13. The van der Waals surface area contributed by atoms with Crippen molar-refractivity contribution in [1.29, 1.82) is 0 Å². The van der Waals surface area contributed by atoms with Crippen LogP contribution in [0.1, 0.15) is 37.0 Å². The summed E-state index contributed by atoms with van der Waals surface area (Å²) >= 11 is 0. The second-order valence-corrected chi connectivity index (χ2v) is 7.81. The molecule has 0 fully saturated rings. The molecule has 4 rings (SSSR count). The number of benzene rings is 4. The lowest BCUT2D eigenvalue weighted by Gasteiger charge is -2.18. The van der Waals surface area contributed by atoms with E-state index in [1.54, 1.807) is 0 Å². The highest BCUT2D eigenvalue weighted by Gasteiger charge is 2.19. The summed E-state index contributed by atoms with van der Waals surface area (Å²) in [4.78, 5) is 13.3. The van der Waals surface area contributed by atoms with Crippen molar-refractivity contribution in [3.8, 4) is 11.1 Å². The van der Waals surface area contributed by atoms with Crippen LogP contribution in [0.15, 0.2) is 78.9 Å². The third-order valence-corrected chi connectivity index (χ3v) is 5.61. The minimum absolute atomic E-state index is 0.0139. The van der Waals surface area contributed by atoms with Crippen LogP contribution in [0, 0.1) is 5.92 Å². The molecule has 0 aromatic heterocycles. The Morgan fingerprint density at radius 2 is 1.31 bits per heavy atom. The van der Waals surface area contributed by atoms with Gasteiger partial charge in [-0.3, -0.25) is 4.79 Å². The van der Waals surface area contributed by atoms with Gasteiger partial charge in [-0.1, -0.05) is 99.1 Å². The highest BCUT2D eigenvalue weighted by molar-refractivity contribution is 6.24. The topological polar surface area (TPSA) is 29.1 Å². The van der Waals surface area contributed by atoms with Crippen molar-refractivity contribution in [3.05, 3.63) is 84.4 Å². The van der Waals surface area contributed by atoms with E-state index in [0.29, 0.717) is 12.5 Å². The molecule has 0 saturated heterocycles. The zero-order valence-electron chi connectivity index (χ0n) is 17.1. The van der Waals surface area contributed by atoms with Crippen LogP contribution in [-0.2, 0) is 0 Å². The number of hydrogen-bond donors (Lipinski definition) is 1. The van der Waals surface area contributed by atoms with Crippen molar-refractivity contribution in [2.45, 2.75) is 26.7 Å². The van der Waals surface area contributed by atoms with Crippen LogP contribution in [0.5, 0.6) is 0 Å². The summed E-state index contributed by atoms with van der Waals surface area (Å²) in [5, 5.41) is 7.43. The quantitative estimate of drug-likeness (QED) is 0.365. The molecule has 1 unspecified atom stereocenters. The molecule has 0 aliphatic heterocycles. The fourth-order valence-electron chi connectivity index (χ4n) is 4.24. The zero-order chi connectivity index (χ0) is 20.2. The normalized spacial score (nSPS) is 12.2. The van der Waals surface area contributed by atoms with Crippen LogP contribution in [0.25, 0.3) is 32.7 Å². The predicted molar refractivity (Wildman–Crippen MR) is 123 cm³/mol. The molecule has 0 saturated carbocycles. The molecular formula is C27H27NO. The lowest BCUT2D eigenvalue weighted by molar-refractivity contribution is 0.0950. The van der Waals surface area contributed by atoms with Gasteiger partial charge in [0.15, 0.2) is 0 Å². The summed E-state index contributed by atoms with van der Waals surface area (Å²) in [6, 6.07) is 27.0. The van der Waals surface area contributed by atoms with Gasteiger partial charge in [0, 0.05) is 6.54 Å². The number of fused-ring (bicyclic) bond motifs is 2. The van der Waals surface area contributed by atoms with Gasteiger partial charge in [-0.2, -0.15) is 0 Å². The summed E-state index contributed by atoms with van der Waals surface area (Å²) in [5.74, 6) is 0.491. The second-order valence-electron chi connectivity index (χ2n) is 7.81. The number of hydrogen-bond acceptors (Lipinski definition) is 1. The van der Waals surface area contributed by atoms with Crippen molar-refractivity contribution < 1.29 is 4.79 Å². The van der Waals surface area contributed by atoms with E-state index >= 15 is 0 Å². The molecule has 1 N–H and O–H groups in total. The Hall–Kier alpha value is -3.13.